The van der Waals surface area contributed by atoms with Crippen LogP contribution in [0, 0.1) is 25.2 Å². The van der Waals surface area contributed by atoms with Crippen molar-refractivity contribution >= 4 is 5.91 Å². The van der Waals surface area contributed by atoms with Crippen LogP contribution in [0.4, 0.5) is 0 Å². The molecule has 0 radical (unpaired) electrons. The van der Waals surface area contributed by atoms with Crippen molar-refractivity contribution in [3.8, 4) is 11.8 Å². The van der Waals surface area contributed by atoms with E-state index in [0.717, 1.165) is 0 Å². The van der Waals surface area contributed by atoms with E-state index < -0.39 is 0 Å². The Labute approximate surface area is 162 Å². The van der Waals surface area contributed by atoms with Crippen molar-refractivity contribution in [2.75, 3.05) is 13.2 Å². The van der Waals surface area contributed by atoms with Gasteiger partial charge in [0.05, 0.1) is 37.3 Å². The Balaban J connectivity index is 1.66. The number of aromatic nitrogens is 2. The zero-order valence-electron chi connectivity index (χ0n) is 15.8. The number of benzene rings is 1. The molecule has 1 aromatic carbocycles. The molecule has 1 aliphatic heterocycles. The van der Waals surface area contributed by atoms with Crippen molar-refractivity contribution in [1.29, 1.82) is 5.26 Å². The van der Waals surface area contributed by atoms with E-state index in [1.165, 1.54) is 0 Å². The van der Waals surface area contributed by atoms with Gasteiger partial charge in [-0.1, -0.05) is 0 Å². The normalized spacial score (nSPS) is 18.9. The van der Waals surface area contributed by atoms with Crippen LogP contribution in [0.3, 0.4) is 0 Å². The van der Waals surface area contributed by atoms with E-state index in [2.05, 4.69) is 21.4 Å². The number of nitrogens with zero attached hydrogens (tertiary/aromatic N) is 2. The fraction of sp³-hybridized carbons (Fsp3) is 0.400. The number of ether oxygens (including phenoxy) is 2. The Bertz CT molecular complexity index is 946. The highest BCUT2D eigenvalue weighted by atomic mass is 16.5. The molecule has 1 fully saturated rings. The van der Waals surface area contributed by atoms with Crippen LogP contribution in [0.1, 0.15) is 29.1 Å². The number of rotatable bonds is 5. The predicted octanol–water partition coefficient (Wildman–Crippen LogP) is 1.15. The molecule has 0 unspecified atom stereocenters. The van der Waals surface area contributed by atoms with Gasteiger partial charge < -0.3 is 19.8 Å². The standard InChI is InChI=1S/C20H22N4O4/c1-12-16(20(26)23-13(2)22-12)9-19(25)24-17-11-27-8-7-18(17)28-15-5-3-14(10-21)4-6-15/h3-6,17-18H,7-9,11H2,1-2H3,(H,24,25)(H,22,23,26)/t17-,18-/m1/s1. The van der Waals surface area contributed by atoms with Crippen LogP contribution in [-0.2, 0) is 16.0 Å². The minimum Gasteiger partial charge on any atom is -0.488 e. The number of aromatic amines is 1. The minimum atomic E-state index is -0.338. The number of nitriles is 1. The maximum absolute atomic E-state index is 12.5. The molecule has 146 valence electrons. The molecule has 8 heteroatoms. The molecule has 0 spiro atoms. The van der Waals surface area contributed by atoms with Gasteiger partial charge in [-0.3, -0.25) is 9.59 Å². The molecule has 1 saturated heterocycles. The summed E-state index contributed by atoms with van der Waals surface area (Å²) >= 11 is 0. The van der Waals surface area contributed by atoms with Crippen LogP contribution in [0.25, 0.3) is 0 Å². The Kier molecular flexibility index (Phi) is 6.06. The predicted molar refractivity (Wildman–Crippen MR) is 101 cm³/mol. The third-order valence-electron chi connectivity index (χ3n) is 4.59. The lowest BCUT2D eigenvalue weighted by Gasteiger charge is -2.32. The number of carbonyl (C=O) groups is 1. The quantitative estimate of drug-likeness (QED) is 0.801. The second-order valence-corrected chi connectivity index (χ2v) is 6.72. The number of H-pyrrole nitrogens is 1. The van der Waals surface area contributed by atoms with Gasteiger partial charge in [0.1, 0.15) is 17.7 Å². The summed E-state index contributed by atoms with van der Waals surface area (Å²) in [5, 5.41) is 11.8. The fourth-order valence-electron chi connectivity index (χ4n) is 3.15. The van der Waals surface area contributed by atoms with E-state index in [-0.39, 0.29) is 30.0 Å². The summed E-state index contributed by atoms with van der Waals surface area (Å²) in [5.41, 5.74) is 1.15. The molecule has 2 atom stereocenters. The number of amides is 1. The molecule has 2 heterocycles. The second-order valence-electron chi connectivity index (χ2n) is 6.72. The van der Waals surface area contributed by atoms with E-state index in [1.54, 1.807) is 38.1 Å². The van der Waals surface area contributed by atoms with Crippen LogP contribution >= 0.6 is 0 Å². The summed E-state index contributed by atoms with van der Waals surface area (Å²) in [5.74, 6) is 0.853. The van der Waals surface area contributed by atoms with Gasteiger partial charge in [0.15, 0.2) is 0 Å². The highest BCUT2D eigenvalue weighted by Crippen LogP contribution is 2.19. The molecule has 28 heavy (non-hydrogen) atoms. The lowest BCUT2D eigenvalue weighted by molar-refractivity contribution is -0.123. The van der Waals surface area contributed by atoms with Crippen LogP contribution in [-0.4, -0.2) is 41.2 Å². The summed E-state index contributed by atoms with van der Waals surface area (Å²) in [6.07, 6.45) is 0.298. The van der Waals surface area contributed by atoms with Crippen molar-refractivity contribution in [1.82, 2.24) is 15.3 Å². The third-order valence-corrected chi connectivity index (χ3v) is 4.59. The fourth-order valence-corrected chi connectivity index (χ4v) is 3.15. The summed E-state index contributed by atoms with van der Waals surface area (Å²) in [6, 6.07) is 8.55. The Morgan fingerprint density at radius 2 is 2.14 bits per heavy atom. The average Bonchev–Trinajstić information content (AvgIpc) is 2.67. The van der Waals surface area contributed by atoms with Crippen molar-refractivity contribution in [2.45, 2.75) is 38.8 Å². The van der Waals surface area contributed by atoms with Gasteiger partial charge in [-0.2, -0.15) is 5.26 Å². The van der Waals surface area contributed by atoms with E-state index in [4.69, 9.17) is 14.7 Å². The highest BCUT2D eigenvalue weighted by molar-refractivity contribution is 5.79. The van der Waals surface area contributed by atoms with E-state index >= 15 is 0 Å². The number of hydrogen-bond donors (Lipinski definition) is 2. The van der Waals surface area contributed by atoms with E-state index in [1.807, 2.05) is 0 Å². The number of nitrogens with one attached hydrogen (secondary N) is 2. The number of aryl methyl sites for hydroxylation is 2. The van der Waals surface area contributed by atoms with E-state index in [0.29, 0.717) is 48.0 Å². The zero-order valence-corrected chi connectivity index (χ0v) is 15.8. The van der Waals surface area contributed by atoms with Gasteiger partial charge in [0.25, 0.3) is 5.56 Å². The first-order chi connectivity index (χ1) is 13.5. The Morgan fingerprint density at radius 3 is 2.82 bits per heavy atom. The van der Waals surface area contributed by atoms with Gasteiger partial charge in [-0.05, 0) is 38.1 Å². The van der Waals surface area contributed by atoms with Crippen molar-refractivity contribution < 1.29 is 14.3 Å². The lowest BCUT2D eigenvalue weighted by Crippen LogP contribution is -2.52. The summed E-state index contributed by atoms with van der Waals surface area (Å²) in [7, 11) is 0. The van der Waals surface area contributed by atoms with Crippen molar-refractivity contribution in [3.63, 3.8) is 0 Å². The zero-order chi connectivity index (χ0) is 20.1. The lowest BCUT2D eigenvalue weighted by atomic mass is 10.1. The van der Waals surface area contributed by atoms with Crippen LogP contribution in [0.5, 0.6) is 5.75 Å². The SMILES string of the molecule is Cc1nc(C)c(CC(=O)N[C@@H]2COCC[C@H]2Oc2ccc(C#N)cc2)c(=O)[nH]1. The molecule has 1 aromatic heterocycles. The maximum Gasteiger partial charge on any atom is 0.254 e. The number of hydrogen-bond acceptors (Lipinski definition) is 6. The maximum atomic E-state index is 12.5. The third kappa shape index (κ3) is 4.75. The summed E-state index contributed by atoms with van der Waals surface area (Å²) in [4.78, 5) is 31.4. The molecular weight excluding hydrogens is 360 g/mol. The molecule has 0 bridgehead atoms. The second kappa shape index (κ2) is 8.67. The topological polar surface area (TPSA) is 117 Å². The summed E-state index contributed by atoms with van der Waals surface area (Å²) < 4.78 is 11.5. The molecule has 0 saturated carbocycles. The first-order valence-corrected chi connectivity index (χ1v) is 9.06. The first-order valence-electron chi connectivity index (χ1n) is 9.06. The first kappa shape index (κ1) is 19.6. The Hall–Kier alpha value is -3.18. The van der Waals surface area contributed by atoms with Gasteiger partial charge in [0.2, 0.25) is 5.91 Å². The molecular formula is C20H22N4O4. The molecule has 3 rings (SSSR count). The van der Waals surface area contributed by atoms with Gasteiger partial charge in [-0.25, -0.2) is 4.98 Å². The van der Waals surface area contributed by atoms with Crippen LogP contribution < -0.4 is 15.6 Å². The molecule has 2 aromatic rings. The largest absolute Gasteiger partial charge is 0.488 e. The monoisotopic (exact) mass is 382 g/mol. The van der Waals surface area contributed by atoms with Crippen molar-refractivity contribution in [2.24, 2.45) is 0 Å². The summed E-state index contributed by atoms with van der Waals surface area (Å²) in [6.45, 7) is 4.27. The molecule has 8 nitrogen and oxygen atoms in total. The highest BCUT2D eigenvalue weighted by Gasteiger charge is 2.29. The molecule has 2 N–H and O–H groups in total. The Morgan fingerprint density at radius 1 is 1.39 bits per heavy atom. The van der Waals surface area contributed by atoms with Gasteiger partial charge in [-0.15, -0.1) is 0 Å². The average molecular weight is 382 g/mol. The smallest absolute Gasteiger partial charge is 0.254 e. The number of carbonyl (C=O) groups excluding carboxylic acids is 1. The molecule has 0 aliphatic carbocycles. The van der Waals surface area contributed by atoms with Crippen LogP contribution in [0.15, 0.2) is 29.1 Å². The molecule has 1 aliphatic rings. The van der Waals surface area contributed by atoms with Crippen molar-refractivity contribution in [3.05, 3.63) is 57.3 Å². The van der Waals surface area contributed by atoms with Gasteiger partial charge >= 0.3 is 0 Å². The van der Waals surface area contributed by atoms with Gasteiger partial charge in [0, 0.05) is 17.7 Å². The minimum absolute atomic E-state index is 0.0610. The molecule has 1 amide bonds. The van der Waals surface area contributed by atoms with E-state index in [9.17, 15) is 9.59 Å². The van der Waals surface area contributed by atoms with Crippen LogP contribution in [0.2, 0.25) is 0 Å².